The predicted molar refractivity (Wildman–Crippen MR) is 60.7 cm³/mol. The molecule has 0 fully saturated rings. The number of pyridine rings is 1. The van der Waals surface area contributed by atoms with Gasteiger partial charge in [0.05, 0.1) is 6.61 Å². The van der Waals surface area contributed by atoms with Gasteiger partial charge in [-0.1, -0.05) is 0 Å². The summed E-state index contributed by atoms with van der Waals surface area (Å²) in [5.41, 5.74) is 3.72. The number of nitrogens with two attached hydrogens (primary N) is 1. The molecule has 1 aromatic rings. The molecule has 1 aliphatic rings. The van der Waals surface area contributed by atoms with Gasteiger partial charge in [0.25, 0.3) is 0 Å². The van der Waals surface area contributed by atoms with Crippen LogP contribution in [0, 0.1) is 0 Å². The minimum atomic E-state index is -0.113. The van der Waals surface area contributed by atoms with Crippen molar-refractivity contribution < 1.29 is 4.74 Å². The van der Waals surface area contributed by atoms with Gasteiger partial charge in [0, 0.05) is 23.3 Å². The topological polar surface area (TPSA) is 60.2 Å². The van der Waals surface area contributed by atoms with Crippen LogP contribution >= 0.6 is 15.9 Å². The molecule has 5 heteroatoms. The molecule has 0 aromatic carbocycles. The van der Waals surface area contributed by atoms with E-state index < -0.39 is 0 Å². The molecule has 0 bridgehead atoms. The van der Waals surface area contributed by atoms with Crippen molar-refractivity contribution in [2.75, 3.05) is 6.61 Å². The fourth-order valence-corrected chi connectivity index (χ4v) is 1.95. The molecule has 0 saturated carbocycles. The highest BCUT2D eigenvalue weighted by molar-refractivity contribution is 9.10. The molecular formula is C10H12BrN3O. The summed E-state index contributed by atoms with van der Waals surface area (Å²) in [6.07, 6.45) is 6.50. The molecule has 1 aliphatic heterocycles. The van der Waals surface area contributed by atoms with Crippen LogP contribution in [-0.4, -0.2) is 11.6 Å². The van der Waals surface area contributed by atoms with Crippen molar-refractivity contribution in [2.24, 2.45) is 5.84 Å². The molecule has 1 atom stereocenters. The van der Waals surface area contributed by atoms with Gasteiger partial charge in [-0.3, -0.25) is 10.8 Å². The van der Waals surface area contributed by atoms with E-state index in [1.165, 1.54) is 0 Å². The highest BCUT2D eigenvalue weighted by Gasteiger charge is 2.19. The fourth-order valence-electron chi connectivity index (χ4n) is 1.57. The monoisotopic (exact) mass is 269 g/mol. The van der Waals surface area contributed by atoms with Gasteiger partial charge >= 0.3 is 0 Å². The van der Waals surface area contributed by atoms with Crippen LogP contribution in [0.4, 0.5) is 0 Å². The van der Waals surface area contributed by atoms with Crippen molar-refractivity contribution in [3.05, 3.63) is 40.3 Å². The third-order valence-corrected chi connectivity index (χ3v) is 2.68. The number of ether oxygens (including phenoxy) is 1. The van der Waals surface area contributed by atoms with Crippen molar-refractivity contribution in [2.45, 2.75) is 12.5 Å². The predicted octanol–water partition coefficient (Wildman–Crippen LogP) is 1.65. The Bertz CT molecular complexity index is 381. The minimum Gasteiger partial charge on any atom is -0.496 e. The first-order chi connectivity index (χ1) is 7.31. The van der Waals surface area contributed by atoms with Crippen LogP contribution in [0.3, 0.4) is 0 Å². The van der Waals surface area contributed by atoms with Gasteiger partial charge in [-0.25, -0.2) is 5.43 Å². The third kappa shape index (κ3) is 2.37. The first kappa shape index (κ1) is 10.6. The van der Waals surface area contributed by atoms with Crippen LogP contribution < -0.4 is 11.3 Å². The Kier molecular flexibility index (Phi) is 3.35. The van der Waals surface area contributed by atoms with Gasteiger partial charge in [0.2, 0.25) is 0 Å². The van der Waals surface area contributed by atoms with E-state index in [-0.39, 0.29) is 6.04 Å². The van der Waals surface area contributed by atoms with Crippen molar-refractivity contribution in [3.63, 3.8) is 0 Å². The van der Waals surface area contributed by atoms with Crippen LogP contribution in [0.5, 0.6) is 0 Å². The van der Waals surface area contributed by atoms with Gasteiger partial charge < -0.3 is 4.74 Å². The highest BCUT2D eigenvalue weighted by Crippen LogP contribution is 2.26. The zero-order valence-electron chi connectivity index (χ0n) is 8.11. The summed E-state index contributed by atoms with van der Waals surface area (Å²) in [6, 6.07) is 1.86. The second kappa shape index (κ2) is 4.74. The SMILES string of the molecule is NNC(C1=CCCO1)c1cncc(Br)c1. The fraction of sp³-hybridized carbons (Fsp3) is 0.300. The van der Waals surface area contributed by atoms with Crippen molar-refractivity contribution in [1.29, 1.82) is 0 Å². The number of aromatic nitrogens is 1. The largest absolute Gasteiger partial charge is 0.496 e. The van der Waals surface area contributed by atoms with E-state index in [4.69, 9.17) is 10.6 Å². The normalized spacial score (nSPS) is 17.1. The molecule has 0 aliphatic carbocycles. The first-order valence-corrected chi connectivity index (χ1v) is 5.50. The van der Waals surface area contributed by atoms with Gasteiger partial charge in [0.15, 0.2) is 0 Å². The second-order valence-corrected chi connectivity index (χ2v) is 4.20. The molecule has 0 saturated heterocycles. The zero-order valence-corrected chi connectivity index (χ0v) is 9.70. The number of nitrogens with zero attached hydrogens (tertiary/aromatic N) is 1. The lowest BCUT2D eigenvalue weighted by atomic mass is 10.1. The van der Waals surface area contributed by atoms with E-state index in [9.17, 15) is 0 Å². The zero-order chi connectivity index (χ0) is 10.7. The third-order valence-electron chi connectivity index (χ3n) is 2.24. The summed E-state index contributed by atoms with van der Waals surface area (Å²) >= 11 is 3.38. The maximum Gasteiger partial charge on any atom is 0.115 e. The van der Waals surface area contributed by atoms with Crippen molar-refractivity contribution in [3.8, 4) is 0 Å². The molecule has 3 N–H and O–H groups in total. The number of hydrogen-bond donors (Lipinski definition) is 2. The Morgan fingerprint density at radius 1 is 1.53 bits per heavy atom. The van der Waals surface area contributed by atoms with E-state index in [1.54, 1.807) is 12.4 Å². The first-order valence-electron chi connectivity index (χ1n) is 4.70. The van der Waals surface area contributed by atoms with Crippen LogP contribution in [0.2, 0.25) is 0 Å². The molecule has 0 amide bonds. The van der Waals surface area contributed by atoms with E-state index in [1.807, 2.05) is 12.1 Å². The van der Waals surface area contributed by atoms with E-state index >= 15 is 0 Å². The van der Waals surface area contributed by atoms with Gasteiger partial charge in [0.1, 0.15) is 11.8 Å². The van der Waals surface area contributed by atoms with Crippen LogP contribution in [0.25, 0.3) is 0 Å². The molecule has 15 heavy (non-hydrogen) atoms. The Labute approximate surface area is 96.6 Å². The van der Waals surface area contributed by atoms with Gasteiger partial charge in [-0.05, 0) is 33.6 Å². The lowest BCUT2D eigenvalue weighted by molar-refractivity contribution is 0.215. The minimum absolute atomic E-state index is 0.113. The molecule has 80 valence electrons. The quantitative estimate of drug-likeness (QED) is 0.647. The average molecular weight is 270 g/mol. The number of hydrogen-bond acceptors (Lipinski definition) is 4. The highest BCUT2D eigenvalue weighted by atomic mass is 79.9. The Morgan fingerprint density at radius 2 is 2.40 bits per heavy atom. The number of nitrogens with one attached hydrogen (secondary N) is 1. The van der Waals surface area contributed by atoms with Crippen molar-refractivity contribution in [1.82, 2.24) is 10.4 Å². The molecule has 1 aromatic heterocycles. The number of rotatable bonds is 3. The Hall–Kier alpha value is -0.910. The lowest BCUT2D eigenvalue weighted by Gasteiger charge is -2.17. The number of hydrazine groups is 1. The van der Waals surface area contributed by atoms with E-state index in [0.717, 1.165) is 28.8 Å². The molecule has 1 unspecified atom stereocenters. The summed E-state index contributed by atoms with van der Waals surface area (Å²) in [5, 5.41) is 0. The van der Waals surface area contributed by atoms with E-state index in [2.05, 4.69) is 26.3 Å². The molecule has 0 spiro atoms. The summed E-state index contributed by atoms with van der Waals surface area (Å²) in [5.74, 6) is 6.39. The summed E-state index contributed by atoms with van der Waals surface area (Å²) in [7, 11) is 0. The average Bonchev–Trinajstić information content (AvgIpc) is 2.72. The second-order valence-electron chi connectivity index (χ2n) is 3.28. The summed E-state index contributed by atoms with van der Waals surface area (Å²) in [4.78, 5) is 4.10. The molecule has 2 heterocycles. The maximum atomic E-state index is 5.52. The van der Waals surface area contributed by atoms with Crippen LogP contribution in [-0.2, 0) is 4.74 Å². The molecule has 0 radical (unpaired) electrons. The maximum absolute atomic E-state index is 5.52. The lowest BCUT2D eigenvalue weighted by Crippen LogP contribution is -2.29. The molecule has 4 nitrogen and oxygen atoms in total. The van der Waals surface area contributed by atoms with Gasteiger partial charge in [-0.15, -0.1) is 0 Å². The standard InChI is InChI=1S/C10H12BrN3O/c11-8-4-7(5-13-6-8)10(14-12)9-2-1-3-15-9/h2,4-6,10,14H,1,3,12H2. The van der Waals surface area contributed by atoms with Crippen molar-refractivity contribution >= 4 is 15.9 Å². The van der Waals surface area contributed by atoms with Crippen LogP contribution in [0.1, 0.15) is 18.0 Å². The Morgan fingerprint density at radius 3 is 3.00 bits per heavy atom. The van der Waals surface area contributed by atoms with E-state index in [0.29, 0.717) is 0 Å². The van der Waals surface area contributed by atoms with Crippen LogP contribution in [0.15, 0.2) is 34.8 Å². The molecule has 2 rings (SSSR count). The molecular weight excluding hydrogens is 258 g/mol. The van der Waals surface area contributed by atoms with Gasteiger partial charge in [-0.2, -0.15) is 0 Å². The number of halogens is 1. The summed E-state index contributed by atoms with van der Waals surface area (Å²) < 4.78 is 6.41. The summed E-state index contributed by atoms with van der Waals surface area (Å²) in [6.45, 7) is 0.731. The Balaban J connectivity index is 2.26. The smallest absolute Gasteiger partial charge is 0.115 e.